The van der Waals surface area contributed by atoms with Crippen LogP contribution in [0, 0.1) is 0 Å². The number of nitrogens with zero attached hydrogens (tertiary/aromatic N) is 2. The average Bonchev–Trinajstić information content (AvgIpc) is 3.31. The van der Waals surface area contributed by atoms with Gasteiger partial charge < -0.3 is 14.2 Å². The summed E-state index contributed by atoms with van der Waals surface area (Å²) in [5.74, 6) is 0. The number of hydrogen-bond donors (Lipinski definition) is 0. The Morgan fingerprint density at radius 1 is 1.08 bits per heavy atom. The van der Waals surface area contributed by atoms with Crippen molar-refractivity contribution in [3.8, 4) is 5.69 Å². The molecule has 1 fully saturated rings. The Kier molecular flexibility index (Phi) is 4.51. The van der Waals surface area contributed by atoms with Gasteiger partial charge in [0.2, 0.25) is 0 Å². The van der Waals surface area contributed by atoms with Gasteiger partial charge in [0.05, 0.1) is 17.3 Å². The van der Waals surface area contributed by atoms with E-state index in [4.69, 9.17) is 16.3 Å². The molecule has 0 amide bonds. The molecule has 128 valence electrons. The zero-order chi connectivity index (χ0) is 17.2. The molecule has 1 unspecified atom stereocenters. The van der Waals surface area contributed by atoms with Crippen LogP contribution in [0.1, 0.15) is 24.3 Å². The Hall–Kier alpha value is -2.23. The number of ether oxygens (including phenoxy) is 1. The Morgan fingerprint density at radius 3 is 2.64 bits per heavy atom. The van der Waals surface area contributed by atoms with Crippen molar-refractivity contribution in [2.24, 2.45) is 0 Å². The third-order valence-corrected chi connectivity index (χ3v) is 5.02. The van der Waals surface area contributed by atoms with Crippen LogP contribution in [0.15, 0.2) is 67.0 Å². The standard InChI is InChI=1S/C21H21ClN2O/c1-2-16-7-9-18(10-8-16)24-13-14-25-21(24)17-11-12-23(15-17)20-6-4-3-5-19(20)22/h3-12,15,21H,2,13-14H2,1H3. The Morgan fingerprint density at radius 2 is 1.88 bits per heavy atom. The van der Waals surface area contributed by atoms with Gasteiger partial charge >= 0.3 is 0 Å². The summed E-state index contributed by atoms with van der Waals surface area (Å²) in [6.07, 6.45) is 5.14. The maximum absolute atomic E-state index is 6.32. The summed E-state index contributed by atoms with van der Waals surface area (Å²) in [6.45, 7) is 3.80. The summed E-state index contributed by atoms with van der Waals surface area (Å²) in [6, 6.07) is 18.7. The molecule has 3 aromatic rings. The molecular weight excluding hydrogens is 332 g/mol. The van der Waals surface area contributed by atoms with E-state index in [0.717, 1.165) is 35.8 Å². The third kappa shape index (κ3) is 3.17. The van der Waals surface area contributed by atoms with Crippen molar-refractivity contribution in [3.05, 3.63) is 83.1 Å². The fraction of sp³-hybridized carbons (Fsp3) is 0.238. The van der Waals surface area contributed by atoms with Crippen molar-refractivity contribution >= 4 is 17.3 Å². The highest BCUT2D eigenvalue weighted by Gasteiger charge is 2.28. The molecule has 0 N–H and O–H groups in total. The van der Waals surface area contributed by atoms with Crippen molar-refractivity contribution in [3.63, 3.8) is 0 Å². The molecule has 0 spiro atoms. The lowest BCUT2D eigenvalue weighted by Gasteiger charge is -2.24. The summed E-state index contributed by atoms with van der Waals surface area (Å²) in [4.78, 5) is 2.31. The van der Waals surface area contributed by atoms with Crippen LogP contribution in [0.3, 0.4) is 0 Å². The van der Waals surface area contributed by atoms with Crippen molar-refractivity contribution < 1.29 is 4.74 Å². The molecule has 1 aromatic heterocycles. The fourth-order valence-electron chi connectivity index (χ4n) is 3.30. The third-order valence-electron chi connectivity index (χ3n) is 4.70. The van der Waals surface area contributed by atoms with Gasteiger partial charge in [-0.15, -0.1) is 0 Å². The SMILES string of the molecule is CCc1ccc(N2CCOC2c2ccn(-c3ccccc3Cl)c2)cc1. The van der Waals surface area contributed by atoms with Gasteiger partial charge in [-0.1, -0.05) is 42.8 Å². The van der Waals surface area contributed by atoms with Crippen LogP contribution < -0.4 is 4.90 Å². The molecule has 0 radical (unpaired) electrons. The van der Waals surface area contributed by atoms with Crippen molar-refractivity contribution in [1.29, 1.82) is 0 Å². The number of halogens is 1. The molecule has 2 aromatic carbocycles. The number of rotatable bonds is 4. The minimum absolute atomic E-state index is 0.0591. The molecule has 4 rings (SSSR count). The van der Waals surface area contributed by atoms with Gasteiger partial charge in [0.25, 0.3) is 0 Å². The summed E-state index contributed by atoms with van der Waals surface area (Å²) < 4.78 is 8.07. The monoisotopic (exact) mass is 352 g/mol. The Bertz CT molecular complexity index is 856. The lowest BCUT2D eigenvalue weighted by atomic mass is 10.1. The second kappa shape index (κ2) is 6.95. The highest BCUT2D eigenvalue weighted by molar-refractivity contribution is 6.32. The van der Waals surface area contributed by atoms with E-state index < -0.39 is 0 Å². The van der Waals surface area contributed by atoms with Crippen LogP contribution >= 0.6 is 11.6 Å². The van der Waals surface area contributed by atoms with Gasteiger partial charge in [0.1, 0.15) is 0 Å². The molecular formula is C21H21ClN2O. The van der Waals surface area contributed by atoms with E-state index in [9.17, 15) is 0 Å². The second-order valence-corrected chi connectivity index (χ2v) is 6.65. The zero-order valence-corrected chi connectivity index (χ0v) is 15.0. The minimum atomic E-state index is -0.0591. The molecule has 1 atom stereocenters. The highest BCUT2D eigenvalue weighted by atomic mass is 35.5. The largest absolute Gasteiger partial charge is 0.352 e. The van der Waals surface area contributed by atoms with E-state index in [1.165, 1.54) is 11.3 Å². The van der Waals surface area contributed by atoms with Gasteiger partial charge in [-0.3, -0.25) is 0 Å². The topological polar surface area (TPSA) is 17.4 Å². The van der Waals surface area contributed by atoms with Crippen molar-refractivity contribution in [2.45, 2.75) is 19.6 Å². The Labute approximate surface area is 153 Å². The first-order chi connectivity index (χ1) is 12.3. The number of aryl methyl sites for hydroxylation is 1. The lowest BCUT2D eigenvalue weighted by molar-refractivity contribution is 0.114. The first-order valence-corrected chi connectivity index (χ1v) is 9.04. The van der Waals surface area contributed by atoms with Crippen molar-refractivity contribution in [2.75, 3.05) is 18.1 Å². The van der Waals surface area contributed by atoms with E-state index in [1.54, 1.807) is 0 Å². The smallest absolute Gasteiger partial charge is 0.158 e. The molecule has 1 saturated heterocycles. The van der Waals surface area contributed by atoms with Gasteiger partial charge in [-0.25, -0.2) is 0 Å². The molecule has 3 nitrogen and oxygen atoms in total. The molecule has 4 heteroatoms. The summed E-state index contributed by atoms with van der Waals surface area (Å²) in [7, 11) is 0. The normalized spacial score (nSPS) is 17.2. The Balaban J connectivity index is 1.61. The lowest BCUT2D eigenvalue weighted by Crippen LogP contribution is -2.22. The predicted molar refractivity (Wildman–Crippen MR) is 103 cm³/mol. The van der Waals surface area contributed by atoms with Crippen LogP contribution in [-0.4, -0.2) is 17.7 Å². The number of anilines is 1. The number of benzene rings is 2. The van der Waals surface area contributed by atoms with Crippen molar-refractivity contribution in [1.82, 2.24) is 4.57 Å². The van der Waals surface area contributed by atoms with Gasteiger partial charge in [0.15, 0.2) is 6.23 Å². The van der Waals surface area contributed by atoms with E-state index in [0.29, 0.717) is 0 Å². The molecule has 1 aliphatic heterocycles. The van der Waals surface area contributed by atoms with Crippen LogP contribution in [0.25, 0.3) is 5.69 Å². The number of aromatic nitrogens is 1. The number of hydrogen-bond acceptors (Lipinski definition) is 2. The molecule has 2 heterocycles. The van der Waals surface area contributed by atoms with Crippen LogP contribution in [0.5, 0.6) is 0 Å². The zero-order valence-electron chi connectivity index (χ0n) is 14.2. The highest BCUT2D eigenvalue weighted by Crippen LogP contribution is 2.33. The van der Waals surface area contributed by atoms with E-state index in [1.807, 2.05) is 30.5 Å². The van der Waals surface area contributed by atoms with E-state index >= 15 is 0 Å². The molecule has 0 saturated carbocycles. The second-order valence-electron chi connectivity index (χ2n) is 6.24. The van der Waals surface area contributed by atoms with Gasteiger partial charge in [0, 0.05) is 30.2 Å². The molecule has 1 aliphatic rings. The summed E-state index contributed by atoms with van der Waals surface area (Å²) in [5.41, 5.74) is 4.67. The van der Waals surface area contributed by atoms with Crippen LogP contribution in [0.4, 0.5) is 5.69 Å². The fourth-order valence-corrected chi connectivity index (χ4v) is 3.54. The predicted octanol–water partition coefficient (Wildman–Crippen LogP) is 5.23. The maximum atomic E-state index is 6.32. The van der Waals surface area contributed by atoms with E-state index in [2.05, 4.69) is 52.9 Å². The quantitative estimate of drug-likeness (QED) is 0.639. The minimum Gasteiger partial charge on any atom is -0.352 e. The first-order valence-electron chi connectivity index (χ1n) is 8.66. The summed E-state index contributed by atoms with van der Waals surface area (Å²) in [5, 5.41) is 0.740. The van der Waals surface area contributed by atoms with Crippen LogP contribution in [-0.2, 0) is 11.2 Å². The maximum Gasteiger partial charge on any atom is 0.158 e. The first kappa shape index (κ1) is 16.2. The molecule has 0 aliphatic carbocycles. The average molecular weight is 353 g/mol. The summed E-state index contributed by atoms with van der Waals surface area (Å²) >= 11 is 6.32. The van der Waals surface area contributed by atoms with Gasteiger partial charge in [-0.2, -0.15) is 0 Å². The molecule has 0 bridgehead atoms. The van der Waals surface area contributed by atoms with Crippen LogP contribution in [0.2, 0.25) is 5.02 Å². The van der Waals surface area contributed by atoms with E-state index in [-0.39, 0.29) is 6.23 Å². The molecule has 25 heavy (non-hydrogen) atoms. The number of para-hydroxylation sites is 1. The van der Waals surface area contributed by atoms with Gasteiger partial charge in [-0.05, 0) is 42.3 Å².